The Balaban J connectivity index is 1.90. The largest absolute Gasteiger partial charge is 0.332 e. The number of nitrogens with one attached hydrogen (secondary N) is 1. The fourth-order valence-electron chi connectivity index (χ4n) is 2.94. The van der Waals surface area contributed by atoms with Crippen LogP contribution in [0.4, 0.5) is 4.39 Å². The first-order chi connectivity index (χ1) is 10.6. The Morgan fingerprint density at radius 3 is 2.82 bits per heavy atom. The molecule has 1 aliphatic heterocycles. The van der Waals surface area contributed by atoms with Crippen molar-refractivity contribution in [3.63, 3.8) is 0 Å². The third kappa shape index (κ3) is 2.93. The van der Waals surface area contributed by atoms with E-state index in [9.17, 15) is 14.0 Å². The minimum Gasteiger partial charge on any atom is -0.332 e. The highest BCUT2D eigenvalue weighted by atomic mass is 19.1. The molecular weight excluding hydrogens is 283 g/mol. The van der Waals surface area contributed by atoms with Crippen molar-refractivity contribution in [1.29, 1.82) is 0 Å². The molecule has 1 aromatic heterocycles. The molecule has 1 fully saturated rings. The van der Waals surface area contributed by atoms with Crippen LogP contribution in [0, 0.1) is 5.82 Å². The van der Waals surface area contributed by atoms with Crippen molar-refractivity contribution in [3.05, 3.63) is 69.9 Å². The number of benzene rings is 1. The van der Waals surface area contributed by atoms with Crippen LogP contribution < -0.4 is 5.56 Å². The van der Waals surface area contributed by atoms with E-state index in [1.165, 1.54) is 30.5 Å². The Morgan fingerprint density at radius 2 is 2.09 bits per heavy atom. The monoisotopic (exact) mass is 300 g/mol. The maximum atomic E-state index is 13.5. The Hall–Kier alpha value is -2.43. The lowest BCUT2D eigenvalue weighted by molar-refractivity contribution is 0.0610. The standard InChI is InChI=1S/C17H17FN2O2/c18-14-5-3-4-12(10-14)15-6-1-2-9-20(15)17(22)13-7-8-16(21)19-11-13/h3-5,7-8,10-11,15H,1-2,6,9H2,(H,19,21)/t15-/m1/s1. The van der Waals surface area contributed by atoms with Crippen LogP contribution in [0.2, 0.25) is 0 Å². The number of pyridine rings is 1. The number of amides is 1. The first-order valence-electron chi connectivity index (χ1n) is 7.40. The van der Waals surface area contributed by atoms with Gasteiger partial charge in [-0.3, -0.25) is 9.59 Å². The molecule has 2 aromatic rings. The first-order valence-corrected chi connectivity index (χ1v) is 7.40. The molecule has 0 saturated carbocycles. The van der Waals surface area contributed by atoms with E-state index in [4.69, 9.17) is 0 Å². The summed E-state index contributed by atoms with van der Waals surface area (Å²) in [5.41, 5.74) is 1.03. The molecule has 22 heavy (non-hydrogen) atoms. The van der Waals surface area contributed by atoms with Gasteiger partial charge in [-0.25, -0.2) is 4.39 Å². The highest BCUT2D eigenvalue weighted by Crippen LogP contribution is 2.32. The lowest BCUT2D eigenvalue weighted by Gasteiger charge is -2.36. The second kappa shape index (κ2) is 6.13. The molecule has 1 N–H and O–H groups in total. The number of halogens is 1. The van der Waals surface area contributed by atoms with E-state index >= 15 is 0 Å². The number of H-pyrrole nitrogens is 1. The SMILES string of the molecule is O=C(c1ccc(=O)[nH]c1)N1CCCC[C@@H]1c1cccc(F)c1. The van der Waals surface area contributed by atoms with E-state index in [0.717, 1.165) is 24.8 Å². The van der Waals surface area contributed by atoms with Crippen LogP contribution in [0.1, 0.15) is 41.2 Å². The number of likely N-dealkylation sites (tertiary alicyclic amines) is 1. The van der Waals surface area contributed by atoms with E-state index in [0.29, 0.717) is 12.1 Å². The molecule has 0 bridgehead atoms. The lowest BCUT2D eigenvalue weighted by atomic mass is 9.94. The highest BCUT2D eigenvalue weighted by Gasteiger charge is 2.28. The van der Waals surface area contributed by atoms with Gasteiger partial charge in [0, 0.05) is 18.8 Å². The molecule has 114 valence electrons. The zero-order valence-corrected chi connectivity index (χ0v) is 12.1. The maximum Gasteiger partial charge on any atom is 0.255 e. The molecule has 5 heteroatoms. The van der Waals surface area contributed by atoms with Crippen molar-refractivity contribution in [1.82, 2.24) is 9.88 Å². The second-order valence-electron chi connectivity index (χ2n) is 5.51. The van der Waals surface area contributed by atoms with Crippen molar-refractivity contribution in [2.24, 2.45) is 0 Å². The quantitative estimate of drug-likeness (QED) is 0.927. The molecule has 0 spiro atoms. The van der Waals surface area contributed by atoms with Crippen molar-refractivity contribution in [3.8, 4) is 0 Å². The predicted molar refractivity (Wildman–Crippen MR) is 81.1 cm³/mol. The molecule has 0 aliphatic carbocycles. The summed E-state index contributed by atoms with van der Waals surface area (Å²) in [6.45, 7) is 0.638. The molecule has 1 aliphatic rings. The summed E-state index contributed by atoms with van der Waals surface area (Å²) in [6, 6.07) is 9.16. The van der Waals surface area contributed by atoms with Gasteiger partial charge in [0.15, 0.2) is 0 Å². The molecule has 1 aromatic carbocycles. The number of piperidine rings is 1. The third-order valence-electron chi connectivity index (χ3n) is 4.03. The second-order valence-corrected chi connectivity index (χ2v) is 5.51. The normalized spacial score (nSPS) is 18.2. The molecule has 1 saturated heterocycles. The number of aromatic nitrogens is 1. The highest BCUT2D eigenvalue weighted by molar-refractivity contribution is 5.94. The van der Waals surface area contributed by atoms with Gasteiger partial charge in [-0.15, -0.1) is 0 Å². The molecule has 2 heterocycles. The zero-order chi connectivity index (χ0) is 15.5. The van der Waals surface area contributed by atoms with Crippen molar-refractivity contribution in [2.45, 2.75) is 25.3 Å². The molecular formula is C17H17FN2O2. The van der Waals surface area contributed by atoms with Crippen molar-refractivity contribution >= 4 is 5.91 Å². The van der Waals surface area contributed by atoms with Crippen LogP contribution in [0.15, 0.2) is 47.4 Å². The topological polar surface area (TPSA) is 53.2 Å². The number of carbonyl (C=O) groups excluding carboxylic acids is 1. The molecule has 0 radical (unpaired) electrons. The number of hydrogen-bond acceptors (Lipinski definition) is 2. The number of aromatic amines is 1. The average molecular weight is 300 g/mol. The molecule has 1 atom stereocenters. The molecule has 1 amide bonds. The van der Waals surface area contributed by atoms with Gasteiger partial charge in [0.25, 0.3) is 5.91 Å². The van der Waals surface area contributed by atoms with Crippen LogP contribution in [0.25, 0.3) is 0 Å². The van der Waals surface area contributed by atoms with E-state index < -0.39 is 0 Å². The number of nitrogens with zero attached hydrogens (tertiary/aromatic N) is 1. The fraction of sp³-hybridized carbons (Fsp3) is 0.294. The van der Waals surface area contributed by atoms with Gasteiger partial charge >= 0.3 is 0 Å². The summed E-state index contributed by atoms with van der Waals surface area (Å²) < 4.78 is 13.5. The zero-order valence-electron chi connectivity index (χ0n) is 12.1. The fourth-order valence-corrected chi connectivity index (χ4v) is 2.94. The molecule has 3 rings (SSSR count). The first kappa shape index (κ1) is 14.5. The van der Waals surface area contributed by atoms with Crippen LogP contribution in [-0.4, -0.2) is 22.3 Å². The van der Waals surface area contributed by atoms with Gasteiger partial charge in [-0.2, -0.15) is 0 Å². The van der Waals surface area contributed by atoms with Gasteiger partial charge < -0.3 is 9.88 Å². The summed E-state index contributed by atoms with van der Waals surface area (Å²) in [5.74, 6) is -0.426. The maximum absolute atomic E-state index is 13.5. The molecule has 4 nitrogen and oxygen atoms in total. The predicted octanol–water partition coefficient (Wildman–Crippen LogP) is 2.88. The Morgan fingerprint density at radius 1 is 1.23 bits per heavy atom. The minimum absolute atomic E-state index is 0.121. The Bertz CT molecular complexity index is 721. The van der Waals surface area contributed by atoms with Crippen molar-refractivity contribution < 1.29 is 9.18 Å². The summed E-state index contributed by atoms with van der Waals surface area (Å²) in [6.07, 6.45) is 4.19. The van der Waals surface area contributed by atoms with Crippen LogP contribution in [0.3, 0.4) is 0 Å². The number of rotatable bonds is 2. The van der Waals surface area contributed by atoms with Crippen LogP contribution >= 0.6 is 0 Å². The molecule has 0 unspecified atom stereocenters. The van der Waals surface area contributed by atoms with Gasteiger partial charge in [0.05, 0.1) is 11.6 Å². The number of carbonyl (C=O) groups is 1. The summed E-state index contributed by atoms with van der Waals surface area (Å²) >= 11 is 0. The van der Waals surface area contributed by atoms with Gasteiger partial charge in [0.1, 0.15) is 5.82 Å². The summed E-state index contributed by atoms with van der Waals surface area (Å²) in [4.78, 5) is 28.1. The van der Waals surface area contributed by atoms with Crippen LogP contribution in [0.5, 0.6) is 0 Å². The van der Waals surface area contributed by atoms with Gasteiger partial charge in [-0.1, -0.05) is 12.1 Å². The third-order valence-corrected chi connectivity index (χ3v) is 4.03. The van der Waals surface area contributed by atoms with Gasteiger partial charge in [0.2, 0.25) is 5.56 Å². The summed E-state index contributed by atoms with van der Waals surface area (Å²) in [5, 5.41) is 0. The van der Waals surface area contributed by atoms with E-state index in [-0.39, 0.29) is 23.3 Å². The Kier molecular flexibility index (Phi) is 4.04. The number of hydrogen-bond donors (Lipinski definition) is 1. The summed E-state index contributed by atoms with van der Waals surface area (Å²) in [7, 11) is 0. The smallest absolute Gasteiger partial charge is 0.255 e. The lowest BCUT2D eigenvalue weighted by Crippen LogP contribution is -2.38. The minimum atomic E-state index is -0.292. The van der Waals surface area contributed by atoms with E-state index in [2.05, 4.69) is 4.98 Å². The average Bonchev–Trinajstić information content (AvgIpc) is 2.55. The van der Waals surface area contributed by atoms with Crippen molar-refractivity contribution in [2.75, 3.05) is 6.54 Å². The Labute approximate surface area is 127 Å². The van der Waals surface area contributed by atoms with E-state index in [1.807, 2.05) is 6.07 Å². The van der Waals surface area contributed by atoms with Gasteiger partial charge in [-0.05, 0) is 43.0 Å². The van der Waals surface area contributed by atoms with E-state index in [1.54, 1.807) is 11.0 Å². The van der Waals surface area contributed by atoms with Crippen LogP contribution in [-0.2, 0) is 0 Å².